The third-order valence-corrected chi connectivity index (χ3v) is 2.64. The van der Waals surface area contributed by atoms with Gasteiger partial charge in [0.1, 0.15) is 5.75 Å². The Labute approximate surface area is 124 Å². The van der Waals surface area contributed by atoms with Crippen molar-refractivity contribution in [2.75, 3.05) is 13.2 Å². The molecule has 21 heavy (non-hydrogen) atoms. The van der Waals surface area contributed by atoms with Crippen LogP contribution in [0.1, 0.15) is 26.2 Å². The van der Waals surface area contributed by atoms with Crippen LogP contribution in [0.25, 0.3) is 10.4 Å². The van der Waals surface area contributed by atoms with E-state index in [2.05, 4.69) is 16.6 Å². The minimum Gasteiger partial charge on any atom is -0.494 e. The first kappa shape index (κ1) is 16.6. The highest BCUT2D eigenvalue weighted by Crippen LogP contribution is 2.18. The van der Waals surface area contributed by atoms with Crippen molar-refractivity contribution in [3.63, 3.8) is 0 Å². The second kappa shape index (κ2) is 9.44. The van der Waals surface area contributed by atoms with Gasteiger partial charge in [-0.25, -0.2) is 4.79 Å². The van der Waals surface area contributed by atoms with Gasteiger partial charge in [-0.15, -0.1) is 0 Å². The first-order chi connectivity index (χ1) is 10.1. The fourth-order valence-electron chi connectivity index (χ4n) is 1.52. The van der Waals surface area contributed by atoms with Crippen molar-refractivity contribution in [2.24, 2.45) is 5.11 Å². The molecule has 0 radical (unpaired) electrons. The molecule has 0 heterocycles. The summed E-state index contributed by atoms with van der Waals surface area (Å²) in [7, 11) is 0. The van der Waals surface area contributed by atoms with Crippen LogP contribution in [0.5, 0.6) is 5.75 Å². The summed E-state index contributed by atoms with van der Waals surface area (Å²) in [5.74, 6) is 0.395. The molecule has 1 aromatic carbocycles. The number of esters is 1. The molecule has 0 unspecified atom stereocenters. The van der Waals surface area contributed by atoms with Crippen LogP contribution in [0.15, 0.2) is 41.5 Å². The Morgan fingerprint density at radius 3 is 2.52 bits per heavy atom. The summed E-state index contributed by atoms with van der Waals surface area (Å²) in [5, 5.41) is 3.48. The van der Waals surface area contributed by atoms with E-state index >= 15 is 0 Å². The maximum absolute atomic E-state index is 11.1. The summed E-state index contributed by atoms with van der Waals surface area (Å²) in [5.41, 5.74) is 9.27. The lowest BCUT2D eigenvalue weighted by Crippen LogP contribution is -2.06. The Kier molecular flexibility index (Phi) is 7.46. The predicted molar refractivity (Wildman–Crippen MR) is 80.4 cm³/mol. The van der Waals surface area contributed by atoms with Gasteiger partial charge in [0.2, 0.25) is 0 Å². The van der Waals surface area contributed by atoms with Crippen LogP contribution in [0.2, 0.25) is 0 Å². The highest BCUT2D eigenvalue weighted by atomic mass is 16.5. The van der Waals surface area contributed by atoms with Gasteiger partial charge in [0.05, 0.1) is 13.2 Å². The predicted octanol–water partition coefficient (Wildman–Crippen LogP) is 4.30. The summed E-state index contributed by atoms with van der Waals surface area (Å²) in [6.07, 6.45) is 2.60. The molecule has 112 valence electrons. The van der Waals surface area contributed by atoms with E-state index in [9.17, 15) is 4.79 Å². The number of azide groups is 1. The van der Waals surface area contributed by atoms with E-state index in [0.29, 0.717) is 24.5 Å². The molecule has 0 aliphatic rings. The van der Waals surface area contributed by atoms with Crippen LogP contribution in [0.3, 0.4) is 0 Å². The molecule has 6 nitrogen and oxygen atoms in total. The van der Waals surface area contributed by atoms with Gasteiger partial charge in [0, 0.05) is 16.2 Å². The van der Waals surface area contributed by atoms with Crippen molar-refractivity contribution in [1.29, 1.82) is 0 Å². The Bertz CT molecular complexity index is 519. The van der Waals surface area contributed by atoms with Crippen LogP contribution >= 0.6 is 0 Å². The average Bonchev–Trinajstić information content (AvgIpc) is 2.48. The van der Waals surface area contributed by atoms with Crippen molar-refractivity contribution >= 4 is 11.7 Å². The maximum atomic E-state index is 11.1. The van der Waals surface area contributed by atoms with E-state index in [4.69, 9.17) is 15.0 Å². The van der Waals surface area contributed by atoms with E-state index in [1.807, 2.05) is 0 Å². The van der Waals surface area contributed by atoms with Gasteiger partial charge < -0.3 is 9.47 Å². The molecule has 0 aliphatic heterocycles. The lowest BCUT2D eigenvalue weighted by atomic mass is 10.2. The Hall–Kier alpha value is -2.46. The number of carbonyl (C=O) groups is 1. The van der Waals surface area contributed by atoms with Crippen molar-refractivity contribution in [3.8, 4) is 5.75 Å². The van der Waals surface area contributed by atoms with E-state index in [0.717, 1.165) is 25.0 Å². The number of carbonyl (C=O) groups excluding carboxylic acids is 1. The molecular weight excluding hydrogens is 270 g/mol. The van der Waals surface area contributed by atoms with Gasteiger partial charge in [-0.3, -0.25) is 0 Å². The number of ether oxygens (including phenoxy) is 2. The molecule has 0 saturated heterocycles. The first-order valence-electron chi connectivity index (χ1n) is 6.74. The Morgan fingerprint density at radius 2 is 1.90 bits per heavy atom. The zero-order chi connectivity index (χ0) is 15.5. The molecule has 0 fully saturated rings. The minimum atomic E-state index is -0.341. The third kappa shape index (κ3) is 7.03. The minimum absolute atomic E-state index is 0.341. The second-order valence-electron chi connectivity index (χ2n) is 4.51. The van der Waals surface area contributed by atoms with Crippen LogP contribution in [0.4, 0.5) is 5.69 Å². The molecule has 1 aromatic rings. The molecular formula is C15H19N3O3. The normalized spacial score (nSPS) is 9.57. The van der Waals surface area contributed by atoms with Gasteiger partial charge in [0.15, 0.2) is 0 Å². The molecule has 6 heteroatoms. The van der Waals surface area contributed by atoms with Gasteiger partial charge in [0.25, 0.3) is 0 Å². The van der Waals surface area contributed by atoms with Crippen LogP contribution in [-0.4, -0.2) is 19.2 Å². The molecule has 0 atom stereocenters. The standard InChI is InChI=1S/C15H19N3O3/c1-12(2)15(19)21-11-5-3-4-10-20-14-8-6-13(7-9-14)17-18-16/h6-9H,1,3-5,10-11H2,2H3. The quantitative estimate of drug-likeness (QED) is 0.170. The maximum Gasteiger partial charge on any atom is 0.333 e. The third-order valence-electron chi connectivity index (χ3n) is 2.64. The highest BCUT2D eigenvalue weighted by molar-refractivity contribution is 5.86. The van der Waals surface area contributed by atoms with E-state index in [1.165, 1.54) is 0 Å². The van der Waals surface area contributed by atoms with Crippen LogP contribution in [-0.2, 0) is 9.53 Å². The topological polar surface area (TPSA) is 84.3 Å². The zero-order valence-corrected chi connectivity index (χ0v) is 12.1. The smallest absolute Gasteiger partial charge is 0.333 e. The molecule has 0 bridgehead atoms. The number of benzene rings is 1. The summed E-state index contributed by atoms with van der Waals surface area (Å²) in [6.45, 7) is 6.14. The summed E-state index contributed by atoms with van der Waals surface area (Å²) in [4.78, 5) is 13.8. The fraction of sp³-hybridized carbons (Fsp3) is 0.400. The molecule has 0 aromatic heterocycles. The fourth-order valence-corrected chi connectivity index (χ4v) is 1.52. The number of nitrogens with zero attached hydrogens (tertiary/aromatic N) is 3. The molecule has 1 rings (SSSR count). The number of unbranched alkanes of at least 4 members (excludes halogenated alkanes) is 2. The average molecular weight is 289 g/mol. The van der Waals surface area contributed by atoms with Crippen molar-refractivity contribution in [1.82, 2.24) is 0 Å². The van der Waals surface area contributed by atoms with Gasteiger partial charge >= 0.3 is 5.97 Å². The summed E-state index contributed by atoms with van der Waals surface area (Å²) in [6, 6.07) is 6.93. The summed E-state index contributed by atoms with van der Waals surface area (Å²) >= 11 is 0. The molecule has 0 amide bonds. The largest absolute Gasteiger partial charge is 0.494 e. The van der Waals surface area contributed by atoms with Gasteiger partial charge in [-0.2, -0.15) is 0 Å². The highest BCUT2D eigenvalue weighted by Gasteiger charge is 2.01. The molecule has 0 N–H and O–H groups in total. The lowest BCUT2D eigenvalue weighted by Gasteiger charge is -2.07. The molecule has 0 spiro atoms. The Balaban J connectivity index is 2.10. The number of hydrogen-bond acceptors (Lipinski definition) is 4. The number of rotatable bonds is 9. The van der Waals surface area contributed by atoms with E-state index in [-0.39, 0.29) is 5.97 Å². The van der Waals surface area contributed by atoms with Crippen molar-refractivity contribution in [3.05, 3.63) is 46.9 Å². The van der Waals surface area contributed by atoms with Crippen LogP contribution in [0, 0.1) is 0 Å². The number of hydrogen-bond donors (Lipinski definition) is 0. The van der Waals surface area contributed by atoms with Gasteiger partial charge in [-0.05, 0) is 56.0 Å². The van der Waals surface area contributed by atoms with Gasteiger partial charge in [-0.1, -0.05) is 11.7 Å². The van der Waals surface area contributed by atoms with E-state index < -0.39 is 0 Å². The van der Waals surface area contributed by atoms with Crippen LogP contribution < -0.4 is 4.74 Å². The Morgan fingerprint density at radius 1 is 1.24 bits per heavy atom. The van der Waals surface area contributed by atoms with Crippen molar-refractivity contribution in [2.45, 2.75) is 26.2 Å². The second-order valence-corrected chi connectivity index (χ2v) is 4.51. The SMILES string of the molecule is C=C(C)C(=O)OCCCCCOc1ccc(N=[N+]=[N-])cc1. The summed E-state index contributed by atoms with van der Waals surface area (Å²) < 4.78 is 10.5. The van der Waals surface area contributed by atoms with Crippen molar-refractivity contribution < 1.29 is 14.3 Å². The zero-order valence-electron chi connectivity index (χ0n) is 12.1. The van der Waals surface area contributed by atoms with E-state index in [1.54, 1.807) is 31.2 Å². The lowest BCUT2D eigenvalue weighted by molar-refractivity contribution is -0.139. The monoisotopic (exact) mass is 289 g/mol. The first-order valence-corrected chi connectivity index (χ1v) is 6.74. The molecule has 0 aliphatic carbocycles. The molecule has 0 saturated carbocycles.